The van der Waals surface area contributed by atoms with Crippen molar-refractivity contribution in [2.45, 2.75) is 19.4 Å². The number of ether oxygens (including phenoxy) is 1. The van der Waals surface area contributed by atoms with Gasteiger partial charge in [0.15, 0.2) is 5.96 Å². The van der Waals surface area contributed by atoms with Gasteiger partial charge in [-0.05, 0) is 6.42 Å². The fourth-order valence-corrected chi connectivity index (χ4v) is 1.09. The molecule has 1 saturated heterocycles. The molecule has 0 spiro atoms. The van der Waals surface area contributed by atoms with Gasteiger partial charge in [-0.25, -0.2) is 0 Å². The van der Waals surface area contributed by atoms with E-state index < -0.39 is 0 Å². The minimum Gasteiger partial charge on any atom is -0.383 e. The first-order chi connectivity index (χ1) is 6.27. The Hall–Kier alpha value is -1.10. The van der Waals surface area contributed by atoms with Crippen LogP contribution in [-0.4, -0.2) is 38.2 Å². The number of hydrogen-bond donors (Lipinski definition) is 2. The molecule has 1 fully saturated rings. The Balaban J connectivity index is 2.38. The summed E-state index contributed by atoms with van der Waals surface area (Å²) >= 11 is 0. The molecule has 2 N–H and O–H groups in total. The molecule has 74 valence electrons. The summed E-state index contributed by atoms with van der Waals surface area (Å²) in [5.74, 6) is 0.563. The number of methoxy groups -OCH3 is 1. The van der Waals surface area contributed by atoms with Crippen LogP contribution in [0.2, 0.25) is 0 Å². The van der Waals surface area contributed by atoms with E-state index in [4.69, 9.17) is 4.74 Å². The van der Waals surface area contributed by atoms with Crippen molar-refractivity contribution in [2.75, 3.05) is 20.3 Å². The van der Waals surface area contributed by atoms with E-state index in [0.717, 1.165) is 6.42 Å². The molecule has 5 heteroatoms. The second-order valence-electron chi connectivity index (χ2n) is 2.82. The molecule has 1 atom stereocenters. The fourth-order valence-electron chi connectivity index (χ4n) is 1.09. The van der Waals surface area contributed by atoms with Crippen molar-refractivity contribution in [1.82, 2.24) is 10.6 Å². The summed E-state index contributed by atoms with van der Waals surface area (Å²) in [4.78, 5) is 15.3. The highest BCUT2D eigenvalue weighted by molar-refractivity contribution is 6.06. The minimum absolute atomic E-state index is 0.00123. The molecule has 0 aromatic rings. The Kier molecular flexibility index (Phi) is 3.70. The molecule has 0 aromatic heterocycles. The highest BCUT2D eigenvalue weighted by Crippen LogP contribution is 1.97. The molecule has 0 radical (unpaired) electrons. The standard InChI is InChI=1S/C8H15N3O2/c1-3-6-7(12)11-8(10-6)9-4-5-13-2/h6H,3-5H2,1-2H3,(H2,9,10,11,12). The van der Waals surface area contributed by atoms with E-state index in [-0.39, 0.29) is 11.9 Å². The Bertz CT molecular complexity index is 215. The Morgan fingerprint density at radius 1 is 1.62 bits per heavy atom. The lowest BCUT2D eigenvalue weighted by atomic mass is 10.2. The van der Waals surface area contributed by atoms with Gasteiger partial charge in [0.25, 0.3) is 0 Å². The van der Waals surface area contributed by atoms with E-state index in [1.807, 2.05) is 6.92 Å². The summed E-state index contributed by atoms with van der Waals surface area (Å²) in [7, 11) is 1.62. The van der Waals surface area contributed by atoms with Crippen LogP contribution in [0.15, 0.2) is 4.99 Å². The van der Waals surface area contributed by atoms with Gasteiger partial charge in [0.1, 0.15) is 6.04 Å². The molecule has 0 bridgehead atoms. The lowest BCUT2D eigenvalue weighted by Gasteiger charge is -2.01. The monoisotopic (exact) mass is 185 g/mol. The maximum atomic E-state index is 11.2. The van der Waals surface area contributed by atoms with Gasteiger partial charge in [-0.1, -0.05) is 6.92 Å². The molecular weight excluding hydrogens is 170 g/mol. The maximum absolute atomic E-state index is 11.2. The molecular formula is C8H15N3O2. The molecule has 1 aliphatic rings. The van der Waals surface area contributed by atoms with Crippen molar-refractivity contribution in [1.29, 1.82) is 0 Å². The molecule has 1 rings (SSSR count). The third kappa shape index (κ3) is 2.69. The first-order valence-electron chi connectivity index (χ1n) is 4.38. The van der Waals surface area contributed by atoms with E-state index >= 15 is 0 Å². The van der Waals surface area contributed by atoms with Gasteiger partial charge >= 0.3 is 0 Å². The quantitative estimate of drug-likeness (QED) is 0.580. The van der Waals surface area contributed by atoms with Crippen LogP contribution in [0, 0.1) is 0 Å². The number of aliphatic imine (C=N–C) groups is 1. The molecule has 1 unspecified atom stereocenters. The van der Waals surface area contributed by atoms with Crippen LogP contribution >= 0.6 is 0 Å². The Morgan fingerprint density at radius 3 is 2.92 bits per heavy atom. The maximum Gasteiger partial charge on any atom is 0.249 e. The van der Waals surface area contributed by atoms with Gasteiger partial charge in [-0.15, -0.1) is 0 Å². The molecule has 1 aliphatic heterocycles. The molecule has 0 saturated carbocycles. The lowest BCUT2D eigenvalue weighted by Crippen LogP contribution is -2.28. The van der Waals surface area contributed by atoms with Crippen LogP contribution in [0.5, 0.6) is 0 Å². The van der Waals surface area contributed by atoms with E-state index in [1.165, 1.54) is 0 Å². The number of amides is 1. The second kappa shape index (κ2) is 4.81. The van der Waals surface area contributed by atoms with Crippen molar-refractivity contribution < 1.29 is 9.53 Å². The predicted molar refractivity (Wildman–Crippen MR) is 49.5 cm³/mol. The Labute approximate surface area is 77.6 Å². The summed E-state index contributed by atoms with van der Waals surface area (Å²) in [6, 6.07) is -0.124. The summed E-state index contributed by atoms with van der Waals surface area (Å²) in [6.45, 7) is 3.09. The van der Waals surface area contributed by atoms with Gasteiger partial charge in [0.05, 0.1) is 13.2 Å². The normalized spacial score (nSPS) is 24.6. The molecule has 0 aliphatic carbocycles. The summed E-state index contributed by atoms with van der Waals surface area (Å²) in [5, 5.41) is 5.64. The molecule has 5 nitrogen and oxygen atoms in total. The molecule has 13 heavy (non-hydrogen) atoms. The predicted octanol–water partition coefficient (Wildman–Crippen LogP) is -0.513. The van der Waals surface area contributed by atoms with Gasteiger partial charge in [0.2, 0.25) is 5.91 Å². The zero-order valence-corrected chi connectivity index (χ0v) is 7.96. The van der Waals surface area contributed by atoms with E-state index in [0.29, 0.717) is 19.1 Å². The van der Waals surface area contributed by atoms with Gasteiger partial charge in [0, 0.05) is 7.11 Å². The Morgan fingerprint density at radius 2 is 2.38 bits per heavy atom. The molecule has 0 aromatic carbocycles. The van der Waals surface area contributed by atoms with Crippen molar-refractivity contribution in [3.63, 3.8) is 0 Å². The van der Waals surface area contributed by atoms with Crippen LogP contribution < -0.4 is 10.6 Å². The number of guanidine groups is 1. The topological polar surface area (TPSA) is 62.7 Å². The van der Waals surface area contributed by atoms with Crippen LogP contribution in [0.25, 0.3) is 0 Å². The van der Waals surface area contributed by atoms with Crippen molar-refractivity contribution in [3.8, 4) is 0 Å². The average Bonchev–Trinajstić information content (AvgIpc) is 2.47. The lowest BCUT2D eigenvalue weighted by molar-refractivity contribution is -0.120. The van der Waals surface area contributed by atoms with Crippen LogP contribution in [0.1, 0.15) is 13.3 Å². The highest BCUT2D eigenvalue weighted by atomic mass is 16.5. The number of carbonyl (C=O) groups excluding carboxylic acids is 1. The van der Waals surface area contributed by atoms with Crippen molar-refractivity contribution in [3.05, 3.63) is 0 Å². The van der Waals surface area contributed by atoms with Crippen molar-refractivity contribution in [2.24, 2.45) is 4.99 Å². The number of hydrogen-bond acceptors (Lipinski definition) is 3. The zero-order chi connectivity index (χ0) is 9.68. The molecule has 1 heterocycles. The first kappa shape index (κ1) is 9.98. The van der Waals surface area contributed by atoms with Crippen molar-refractivity contribution >= 4 is 11.9 Å². The highest BCUT2D eigenvalue weighted by Gasteiger charge is 2.25. The SMILES string of the molecule is CCC1NC(=NCCOC)NC1=O. The third-order valence-electron chi connectivity index (χ3n) is 1.84. The van der Waals surface area contributed by atoms with E-state index in [9.17, 15) is 4.79 Å². The fraction of sp³-hybridized carbons (Fsp3) is 0.750. The van der Waals surface area contributed by atoms with Crippen LogP contribution in [0.4, 0.5) is 0 Å². The van der Waals surface area contributed by atoms with Crippen LogP contribution in [0.3, 0.4) is 0 Å². The van der Waals surface area contributed by atoms with Gasteiger partial charge < -0.3 is 10.1 Å². The summed E-state index contributed by atoms with van der Waals surface area (Å²) in [5.41, 5.74) is 0. The number of nitrogens with zero attached hydrogens (tertiary/aromatic N) is 1. The van der Waals surface area contributed by atoms with Gasteiger partial charge in [-0.2, -0.15) is 0 Å². The summed E-state index contributed by atoms with van der Waals surface area (Å²) < 4.78 is 4.83. The van der Waals surface area contributed by atoms with Crippen LogP contribution in [-0.2, 0) is 9.53 Å². The second-order valence-corrected chi connectivity index (χ2v) is 2.82. The number of carbonyl (C=O) groups is 1. The van der Waals surface area contributed by atoms with E-state index in [1.54, 1.807) is 7.11 Å². The molecule has 1 amide bonds. The van der Waals surface area contributed by atoms with Gasteiger partial charge in [-0.3, -0.25) is 15.1 Å². The van der Waals surface area contributed by atoms with E-state index in [2.05, 4.69) is 15.6 Å². The third-order valence-corrected chi connectivity index (χ3v) is 1.84. The number of rotatable bonds is 4. The largest absolute Gasteiger partial charge is 0.383 e. The summed E-state index contributed by atoms with van der Waals surface area (Å²) in [6.07, 6.45) is 0.773. The number of nitrogens with one attached hydrogen (secondary N) is 2. The minimum atomic E-state index is -0.124. The first-order valence-corrected chi connectivity index (χ1v) is 4.38. The average molecular weight is 185 g/mol. The smallest absolute Gasteiger partial charge is 0.249 e. The zero-order valence-electron chi connectivity index (χ0n) is 7.96.